The minimum absolute atomic E-state index is 0.0118. The number of hydrogen-bond acceptors (Lipinski definition) is 2. The lowest BCUT2D eigenvalue weighted by Crippen LogP contribution is -2.45. The molecule has 1 aromatic carbocycles. The predicted molar refractivity (Wildman–Crippen MR) is 77.8 cm³/mol. The maximum atomic E-state index is 6.63. The number of allylic oxidation sites excluding steroid dienone is 1. The molecule has 1 saturated carbocycles. The molecular formula is C17H23NO. The van der Waals surface area contributed by atoms with Crippen molar-refractivity contribution in [3.05, 3.63) is 47.7 Å². The fourth-order valence-corrected chi connectivity index (χ4v) is 3.62. The first-order valence-electron chi connectivity index (χ1n) is 7.47. The predicted octanol–water partition coefficient (Wildman–Crippen LogP) is 3.52. The van der Waals surface area contributed by atoms with Crippen molar-refractivity contribution in [2.75, 3.05) is 6.61 Å². The maximum Gasteiger partial charge on any atom is 0.110 e. The molecule has 0 spiro atoms. The van der Waals surface area contributed by atoms with E-state index in [4.69, 9.17) is 10.5 Å². The second-order valence-corrected chi connectivity index (χ2v) is 5.80. The molecule has 1 unspecified atom stereocenters. The van der Waals surface area contributed by atoms with E-state index in [2.05, 4.69) is 36.4 Å². The molecule has 0 amide bonds. The first-order chi connectivity index (χ1) is 9.33. The summed E-state index contributed by atoms with van der Waals surface area (Å²) in [6, 6.07) is 10.8. The van der Waals surface area contributed by atoms with Crippen LogP contribution >= 0.6 is 0 Å². The maximum absolute atomic E-state index is 6.63. The van der Waals surface area contributed by atoms with Crippen molar-refractivity contribution in [2.45, 2.75) is 50.0 Å². The zero-order valence-corrected chi connectivity index (χ0v) is 11.5. The fraction of sp³-hybridized carbons (Fsp3) is 0.529. The topological polar surface area (TPSA) is 35.2 Å². The molecule has 1 aliphatic heterocycles. The van der Waals surface area contributed by atoms with Crippen LogP contribution in [0.4, 0.5) is 0 Å². The molecule has 19 heavy (non-hydrogen) atoms. The molecule has 0 radical (unpaired) electrons. The monoisotopic (exact) mass is 257 g/mol. The van der Waals surface area contributed by atoms with E-state index in [1.165, 1.54) is 31.2 Å². The summed E-state index contributed by atoms with van der Waals surface area (Å²) in [6.45, 7) is 0.824. The fourth-order valence-electron chi connectivity index (χ4n) is 3.62. The van der Waals surface area contributed by atoms with Crippen molar-refractivity contribution >= 4 is 0 Å². The summed E-state index contributed by atoms with van der Waals surface area (Å²) >= 11 is 0. The van der Waals surface area contributed by atoms with Crippen LogP contribution < -0.4 is 5.73 Å². The van der Waals surface area contributed by atoms with E-state index < -0.39 is 0 Å². The third kappa shape index (κ3) is 2.30. The highest BCUT2D eigenvalue weighted by molar-refractivity contribution is 5.32. The zero-order valence-electron chi connectivity index (χ0n) is 11.5. The summed E-state index contributed by atoms with van der Waals surface area (Å²) in [5, 5.41) is 0. The average molecular weight is 257 g/mol. The third-order valence-electron chi connectivity index (χ3n) is 4.71. The Morgan fingerprint density at radius 1 is 1.05 bits per heavy atom. The largest absolute Gasteiger partial charge is 0.497 e. The molecule has 2 aliphatic rings. The molecule has 1 atom stereocenters. The normalized spacial score (nSPS) is 23.5. The Morgan fingerprint density at radius 3 is 2.42 bits per heavy atom. The van der Waals surface area contributed by atoms with Crippen LogP contribution in [0.15, 0.2) is 42.2 Å². The Hall–Kier alpha value is -1.28. The highest BCUT2D eigenvalue weighted by atomic mass is 16.5. The first kappa shape index (κ1) is 12.7. The molecule has 102 valence electrons. The van der Waals surface area contributed by atoms with E-state index in [9.17, 15) is 0 Å². The molecule has 1 aliphatic carbocycles. The molecular weight excluding hydrogens is 234 g/mol. The van der Waals surface area contributed by atoms with Crippen LogP contribution in [-0.2, 0) is 10.2 Å². The molecule has 0 aromatic heterocycles. The summed E-state index contributed by atoms with van der Waals surface area (Å²) < 4.78 is 5.83. The molecule has 2 N–H and O–H groups in total. The highest BCUT2D eigenvalue weighted by Gasteiger charge is 2.43. The van der Waals surface area contributed by atoms with Gasteiger partial charge in [-0.25, -0.2) is 0 Å². The lowest BCUT2D eigenvalue weighted by atomic mass is 9.72. The van der Waals surface area contributed by atoms with E-state index in [1.54, 1.807) is 0 Å². The Bertz CT molecular complexity index is 446. The van der Waals surface area contributed by atoms with Gasteiger partial charge in [0.25, 0.3) is 0 Å². The van der Waals surface area contributed by atoms with E-state index in [-0.39, 0.29) is 11.5 Å². The number of rotatable bonds is 3. The minimum Gasteiger partial charge on any atom is -0.497 e. The van der Waals surface area contributed by atoms with Crippen LogP contribution in [0.1, 0.15) is 44.1 Å². The Kier molecular flexibility index (Phi) is 3.61. The van der Waals surface area contributed by atoms with Gasteiger partial charge in [-0.2, -0.15) is 0 Å². The first-order valence-corrected chi connectivity index (χ1v) is 7.47. The van der Waals surface area contributed by atoms with Crippen molar-refractivity contribution in [1.29, 1.82) is 0 Å². The lowest BCUT2D eigenvalue weighted by Gasteiger charge is -2.37. The van der Waals surface area contributed by atoms with Crippen LogP contribution in [0.5, 0.6) is 0 Å². The molecule has 0 saturated heterocycles. The summed E-state index contributed by atoms with van der Waals surface area (Å²) in [7, 11) is 0. The second kappa shape index (κ2) is 5.38. The summed E-state index contributed by atoms with van der Waals surface area (Å²) in [6.07, 6.45) is 9.34. The molecule has 2 nitrogen and oxygen atoms in total. The van der Waals surface area contributed by atoms with Gasteiger partial charge in [0, 0.05) is 5.41 Å². The molecule has 0 bridgehead atoms. The van der Waals surface area contributed by atoms with Gasteiger partial charge in [-0.15, -0.1) is 0 Å². The smallest absolute Gasteiger partial charge is 0.110 e. The standard InChI is InChI=1S/C17H23NO/c18-16(15-10-4-7-13-19-15)17(11-5-6-12-17)14-8-2-1-3-9-14/h1-3,8-10,16H,4-7,11-13,18H2. The number of benzene rings is 1. The van der Waals surface area contributed by atoms with Gasteiger partial charge in [0.2, 0.25) is 0 Å². The van der Waals surface area contributed by atoms with Crippen LogP contribution in [0.25, 0.3) is 0 Å². The van der Waals surface area contributed by atoms with Crippen molar-refractivity contribution in [1.82, 2.24) is 0 Å². The highest BCUT2D eigenvalue weighted by Crippen LogP contribution is 2.45. The quantitative estimate of drug-likeness (QED) is 0.899. The number of hydrogen-bond donors (Lipinski definition) is 1. The second-order valence-electron chi connectivity index (χ2n) is 5.80. The van der Waals surface area contributed by atoms with Crippen molar-refractivity contribution < 1.29 is 4.74 Å². The van der Waals surface area contributed by atoms with Crippen LogP contribution in [0, 0.1) is 0 Å². The number of ether oxygens (including phenoxy) is 1. The third-order valence-corrected chi connectivity index (χ3v) is 4.71. The molecule has 1 fully saturated rings. The summed E-state index contributed by atoms with van der Waals surface area (Å²) in [4.78, 5) is 0. The van der Waals surface area contributed by atoms with Gasteiger partial charge in [0.05, 0.1) is 12.6 Å². The molecule has 3 rings (SSSR count). The van der Waals surface area contributed by atoms with Gasteiger partial charge in [-0.3, -0.25) is 0 Å². The Labute approximate surface area is 115 Å². The van der Waals surface area contributed by atoms with Gasteiger partial charge in [0.15, 0.2) is 0 Å². The van der Waals surface area contributed by atoms with Gasteiger partial charge in [0.1, 0.15) is 5.76 Å². The van der Waals surface area contributed by atoms with Crippen molar-refractivity contribution in [3.63, 3.8) is 0 Å². The van der Waals surface area contributed by atoms with E-state index in [0.29, 0.717) is 0 Å². The van der Waals surface area contributed by atoms with Crippen LogP contribution in [0.2, 0.25) is 0 Å². The van der Waals surface area contributed by atoms with Crippen molar-refractivity contribution in [2.24, 2.45) is 5.73 Å². The number of nitrogens with two attached hydrogens (primary N) is 1. The van der Waals surface area contributed by atoms with Gasteiger partial charge in [-0.05, 0) is 37.3 Å². The van der Waals surface area contributed by atoms with Gasteiger partial charge < -0.3 is 10.5 Å². The Balaban J connectivity index is 1.94. The van der Waals surface area contributed by atoms with Crippen molar-refractivity contribution in [3.8, 4) is 0 Å². The van der Waals surface area contributed by atoms with E-state index in [1.807, 2.05) is 0 Å². The summed E-state index contributed by atoms with van der Waals surface area (Å²) in [5.74, 6) is 1.03. The van der Waals surface area contributed by atoms with E-state index >= 15 is 0 Å². The Morgan fingerprint density at radius 2 is 1.79 bits per heavy atom. The average Bonchev–Trinajstić information content (AvgIpc) is 2.99. The minimum atomic E-state index is 0.0118. The SMILES string of the molecule is NC(C1=CCCCO1)C1(c2ccccc2)CCCC1. The van der Waals surface area contributed by atoms with Crippen LogP contribution in [-0.4, -0.2) is 12.6 Å². The van der Waals surface area contributed by atoms with Gasteiger partial charge >= 0.3 is 0 Å². The molecule has 1 heterocycles. The molecule has 1 aromatic rings. The molecule has 2 heteroatoms. The van der Waals surface area contributed by atoms with E-state index in [0.717, 1.165) is 25.2 Å². The zero-order chi connectivity index (χ0) is 13.1. The summed E-state index contributed by atoms with van der Waals surface area (Å²) in [5.41, 5.74) is 8.10. The van der Waals surface area contributed by atoms with Gasteiger partial charge in [-0.1, -0.05) is 43.2 Å². The lowest BCUT2D eigenvalue weighted by molar-refractivity contribution is 0.153. The van der Waals surface area contributed by atoms with Crippen LogP contribution in [0.3, 0.4) is 0 Å².